The van der Waals surface area contributed by atoms with Crippen LogP contribution in [0.15, 0.2) is 18.2 Å². The number of hydrogen-bond donors (Lipinski definition) is 0. The molecule has 21 heavy (non-hydrogen) atoms. The molecular weight excluding hydrogens is 303 g/mol. The molecule has 2 aliphatic rings. The first-order valence-electron chi connectivity index (χ1n) is 7.03. The summed E-state index contributed by atoms with van der Waals surface area (Å²) >= 11 is 6.09. The Hall–Kier alpha value is -1.23. The maximum atomic E-state index is 13.3. The molecule has 6 heteroatoms. The lowest BCUT2D eigenvalue weighted by Gasteiger charge is -2.48. The fourth-order valence-electron chi connectivity index (χ4n) is 3.55. The van der Waals surface area contributed by atoms with E-state index in [1.54, 1.807) is 4.90 Å². The highest BCUT2D eigenvalue weighted by Gasteiger charge is 2.43. The minimum Gasteiger partial charge on any atom is -0.363 e. The SMILES string of the molecule is O=C1CC2CCCC(C1)N2c1c(Cl)cccc1C(F)(F)F. The monoisotopic (exact) mass is 317 g/mol. The molecule has 2 aliphatic heterocycles. The minimum atomic E-state index is -4.45. The molecule has 1 aromatic carbocycles. The third kappa shape index (κ3) is 2.63. The van der Waals surface area contributed by atoms with Gasteiger partial charge in [0.2, 0.25) is 0 Å². The number of carbonyl (C=O) groups excluding carboxylic acids is 1. The lowest BCUT2D eigenvalue weighted by atomic mass is 9.83. The largest absolute Gasteiger partial charge is 0.418 e. The third-order valence-corrected chi connectivity index (χ3v) is 4.64. The van der Waals surface area contributed by atoms with Gasteiger partial charge in [-0.1, -0.05) is 17.7 Å². The van der Waals surface area contributed by atoms with Gasteiger partial charge in [0.1, 0.15) is 5.78 Å². The molecule has 2 atom stereocenters. The van der Waals surface area contributed by atoms with Crippen LogP contribution in [0.25, 0.3) is 0 Å². The molecule has 0 saturated carbocycles. The summed E-state index contributed by atoms with van der Waals surface area (Å²) < 4.78 is 39.9. The van der Waals surface area contributed by atoms with Crippen LogP contribution in [0.4, 0.5) is 18.9 Å². The molecule has 1 aromatic rings. The molecule has 2 saturated heterocycles. The normalized spacial score (nSPS) is 26.1. The van der Waals surface area contributed by atoms with Gasteiger partial charge in [-0.2, -0.15) is 13.2 Å². The average molecular weight is 318 g/mol. The van der Waals surface area contributed by atoms with Crippen molar-refractivity contribution >= 4 is 23.1 Å². The number of carbonyl (C=O) groups is 1. The van der Waals surface area contributed by atoms with Crippen LogP contribution >= 0.6 is 11.6 Å². The molecule has 0 radical (unpaired) electrons. The van der Waals surface area contributed by atoms with Crippen LogP contribution in [0.5, 0.6) is 0 Å². The van der Waals surface area contributed by atoms with Gasteiger partial charge in [0.25, 0.3) is 0 Å². The first-order valence-corrected chi connectivity index (χ1v) is 7.41. The number of nitrogens with zero attached hydrogens (tertiary/aromatic N) is 1. The van der Waals surface area contributed by atoms with Gasteiger partial charge in [-0.15, -0.1) is 0 Å². The quantitative estimate of drug-likeness (QED) is 0.762. The second-order valence-corrected chi connectivity index (χ2v) is 6.13. The summed E-state index contributed by atoms with van der Waals surface area (Å²) in [4.78, 5) is 13.5. The van der Waals surface area contributed by atoms with Crippen LogP contribution in [0.2, 0.25) is 5.02 Å². The summed E-state index contributed by atoms with van der Waals surface area (Å²) in [6.45, 7) is 0. The van der Waals surface area contributed by atoms with Crippen molar-refractivity contribution in [2.24, 2.45) is 0 Å². The minimum absolute atomic E-state index is 0.0499. The summed E-state index contributed by atoms with van der Waals surface area (Å²) in [6, 6.07) is 3.54. The Balaban J connectivity index is 2.10. The zero-order valence-electron chi connectivity index (χ0n) is 11.3. The Labute approximate surface area is 125 Å². The number of halogens is 4. The molecule has 0 N–H and O–H groups in total. The Morgan fingerprint density at radius 2 is 1.76 bits per heavy atom. The molecule has 2 nitrogen and oxygen atoms in total. The van der Waals surface area contributed by atoms with Gasteiger partial charge >= 0.3 is 6.18 Å². The maximum Gasteiger partial charge on any atom is 0.418 e. The van der Waals surface area contributed by atoms with Crippen LogP contribution in [0.3, 0.4) is 0 Å². The van der Waals surface area contributed by atoms with Crippen molar-refractivity contribution in [2.45, 2.75) is 50.4 Å². The van der Waals surface area contributed by atoms with Gasteiger partial charge in [-0.3, -0.25) is 4.79 Å². The van der Waals surface area contributed by atoms with E-state index in [0.29, 0.717) is 12.8 Å². The predicted octanol–water partition coefficient (Wildman–Crippen LogP) is 4.45. The number of para-hydroxylation sites is 1. The Morgan fingerprint density at radius 1 is 1.14 bits per heavy atom. The van der Waals surface area contributed by atoms with E-state index in [1.807, 2.05) is 0 Å². The number of anilines is 1. The van der Waals surface area contributed by atoms with Crippen LogP contribution in [0, 0.1) is 0 Å². The van der Waals surface area contributed by atoms with Gasteiger partial charge in [-0.25, -0.2) is 0 Å². The average Bonchev–Trinajstić information content (AvgIpc) is 2.37. The van der Waals surface area contributed by atoms with E-state index >= 15 is 0 Å². The number of hydrogen-bond acceptors (Lipinski definition) is 2. The summed E-state index contributed by atoms with van der Waals surface area (Å²) in [6.07, 6.45) is -1.38. The van der Waals surface area contributed by atoms with Crippen molar-refractivity contribution in [3.05, 3.63) is 28.8 Å². The Morgan fingerprint density at radius 3 is 2.33 bits per heavy atom. The van der Waals surface area contributed by atoms with Crippen molar-refractivity contribution < 1.29 is 18.0 Å². The van der Waals surface area contributed by atoms with E-state index in [9.17, 15) is 18.0 Å². The highest BCUT2D eigenvalue weighted by atomic mass is 35.5. The van der Waals surface area contributed by atoms with Crippen molar-refractivity contribution in [3.8, 4) is 0 Å². The summed E-state index contributed by atoms with van der Waals surface area (Å²) in [5.74, 6) is 0.140. The molecule has 0 spiro atoms. The second kappa shape index (κ2) is 5.20. The van der Waals surface area contributed by atoms with E-state index in [4.69, 9.17) is 11.6 Å². The number of piperidine rings is 2. The molecule has 2 heterocycles. The van der Waals surface area contributed by atoms with Crippen LogP contribution in [-0.2, 0) is 11.0 Å². The van der Waals surface area contributed by atoms with Crippen molar-refractivity contribution in [3.63, 3.8) is 0 Å². The van der Waals surface area contributed by atoms with Gasteiger partial charge in [0.15, 0.2) is 0 Å². The molecule has 2 unspecified atom stereocenters. The smallest absolute Gasteiger partial charge is 0.363 e. The first-order chi connectivity index (χ1) is 9.88. The topological polar surface area (TPSA) is 20.3 Å². The van der Waals surface area contributed by atoms with Gasteiger partial charge < -0.3 is 4.90 Å². The Kier molecular flexibility index (Phi) is 3.64. The van der Waals surface area contributed by atoms with Gasteiger partial charge in [-0.05, 0) is 31.4 Å². The van der Waals surface area contributed by atoms with Gasteiger partial charge in [0.05, 0.1) is 16.3 Å². The highest BCUT2D eigenvalue weighted by Crippen LogP contribution is 2.46. The molecule has 0 aliphatic carbocycles. The zero-order chi connectivity index (χ0) is 15.2. The number of rotatable bonds is 1. The third-order valence-electron chi connectivity index (χ3n) is 4.34. The molecule has 0 amide bonds. The first kappa shape index (κ1) is 14.7. The standard InChI is InChI=1S/C15H15ClF3NO/c16-13-6-2-5-12(15(17,18)19)14(13)20-9-3-1-4-10(20)8-11(21)7-9/h2,5-6,9-10H,1,3-4,7-8H2. The number of benzene rings is 1. The predicted molar refractivity (Wildman–Crippen MR) is 74.6 cm³/mol. The lowest BCUT2D eigenvalue weighted by Crippen LogP contribution is -2.53. The van der Waals surface area contributed by atoms with E-state index in [2.05, 4.69) is 0 Å². The van der Waals surface area contributed by atoms with Crippen molar-refractivity contribution in [2.75, 3.05) is 4.90 Å². The number of fused-ring (bicyclic) bond motifs is 2. The Bertz CT molecular complexity index is 557. The van der Waals surface area contributed by atoms with Crippen LogP contribution in [0.1, 0.15) is 37.7 Å². The van der Waals surface area contributed by atoms with Crippen molar-refractivity contribution in [1.29, 1.82) is 0 Å². The summed E-state index contributed by atoms with van der Waals surface area (Å²) in [7, 11) is 0. The second-order valence-electron chi connectivity index (χ2n) is 5.73. The van der Waals surface area contributed by atoms with E-state index in [-0.39, 0.29) is 28.6 Å². The van der Waals surface area contributed by atoms with E-state index in [1.165, 1.54) is 12.1 Å². The highest BCUT2D eigenvalue weighted by molar-refractivity contribution is 6.33. The molecular formula is C15H15ClF3NO. The maximum absolute atomic E-state index is 13.3. The van der Waals surface area contributed by atoms with Crippen LogP contribution in [-0.4, -0.2) is 17.9 Å². The van der Waals surface area contributed by atoms with Crippen molar-refractivity contribution in [1.82, 2.24) is 0 Å². The summed E-state index contributed by atoms with van der Waals surface area (Å²) in [5, 5.41) is 0.107. The van der Waals surface area contributed by atoms with E-state index < -0.39 is 11.7 Å². The summed E-state index contributed by atoms with van der Waals surface area (Å²) in [5.41, 5.74) is -0.657. The molecule has 2 bridgehead atoms. The number of Topliss-reactive ketones (excluding diaryl/α,β-unsaturated/α-hetero) is 1. The number of ketones is 1. The fraction of sp³-hybridized carbons (Fsp3) is 0.533. The molecule has 2 fully saturated rings. The van der Waals surface area contributed by atoms with E-state index in [0.717, 1.165) is 25.3 Å². The lowest BCUT2D eigenvalue weighted by molar-refractivity contribution is -0.137. The van der Waals surface area contributed by atoms with Crippen LogP contribution < -0.4 is 4.90 Å². The zero-order valence-corrected chi connectivity index (χ0v) is 12.0. The fourth-order valence-corrected chi connectivity index (χ4v) is 3.82. The molecule has 0 aromatic heterocycles. The van der Waals surface area contributed by atoms with Gasteiger partial charge in [0, 0.05) is 24.9 Å². The molecule has 3 rings (SSSR count). The molecule has 114 valence electrons. The number of alkyl halides is 3.